The smallest absolute Gasteiger partial charge is 0.258 e. The molecule has 0 radical (unpaired) electrons. The zero-order valence-corrected chi connectivity index (χ0v) is 14.3. The largest absolute Gasteiger partial charge is 0.504 e. The highest BCUT2D eigenvalue weighted by molar-refractivity contribution is 6.03. The van der Waals surface area contributed by atoms with Gasteiger partial charge in [0.1, 0.15) is 0 Å². The molecular weight excluding hydrogens is 346 g/mol. The average Bonchev–Trinajstić information content (AvgIpc) is 3.07. The van der Waals surface area contributed by atoms with Crippen molar-refractivity contribution in [2.24, 2.45) is 0 Å². The van der Waals surface area contributed by atoms with Crippen molar-refractivity contribution < 1.29 is 15.0 Å². The molecule has 8 nitrogen and oxygen atoms in total. The molecule has 1 amide bonds. The maximum atomic E-state index is 12.3. The number of carbonyl (C=O) groups excluding carboxylic acids is 1. The van der Waals surface area contributed by atoms with Crippen molar-refractivity contribution >= 4 is 17.6 Å². The van der Waals surface area contributed by atoms with Gasteiger partial charge in [0.25, 0.3) is 17.6 Å². The summed E-state index contributed by atoms with van der Waals surface area (Å²) >= 11 is 0. The van der Waals surface area contributed by atoms with Gasteiger partial charge in [0, 0.05) is 16.8 Å². The summed E-state index contributed by atoms with van der Waals surface area (Å²) in [6.07, 6.45) is 0. The van der Waals surface area contributed by atoms with Crippen LogP contribution in [0.4, 0.5) is 5.95 Å². The van der Waals surface area contributed by atoms with E-state index in [-0.39, 0.29) is 23.0 Å². The van der Waals surface area contributed by atoms with E-state index >= 15 is 0 Å². The minimum absolute atomic E-state index is 0.0911. The van der Waals surface area contributed by atoms with Crippen molar-refractivity contribution in [3.8, 4) is 22.8 Å². The Morgan fingerprint density at radius 1 is 1.00 bits per heavy atom. The number of carbonyl (C=O) groups is 1. The maximum Gasteiger partial charge on any atom is 0.258 e. The Balaban J connectivity index is 1.66. The zero-order chi connectivity index (χ0) is 19.0. The normalized spacial score (nSPS) is 10.9. The molecular formula is C19H15N5O3. The van der Waals surface area contributed by atoms with E-state index in [9.17, 15) is 15.0 Å². The minimum atomic E-state index is -0.512. The van der Waals surface area contributed by atoms with Crippen LogP contribution in [0.3, 0.4) is 0 Å². The summed E-state index contributed by atoms with van der Waals surface area (Å²) in [7, 11) is 0. The molecule has 0 unspecified atom stereocenters. The zero-order valence-electron chi connectivity index (χ0n) is 14.3. The third-order valence-corrected chi connectivity index (χ3v) is 4.02. The van der Waals surface area contributed by atoms with Crippen LogP contribution in [0.25, 0.3) is 17.0 Å². The molecule has 3 N–H and O–H groups in total. The Morgan fingerprint density at radius 3 is 2.52 bits per heavy atom. The number of phenols is 2. The quantitative estimate of drug-likeness (QED) is 0.484. The van der Waals surface area contributed by atoms with Gasteiger partial charge in [-0.05, 0) is 31.2 Å². The molecule has 4 rings (SSSR count). The van der Waals surface area contributed by atoms with Crippen LogP contribution < -0.4 is 5.32 Å². The van der Waals surface area contributed by atoms with Gasteiger partial charge < -0.3 is 10.2 Å². The number of aromatic nitrogens is 4. The van der Waals surface area contributed by atoms with E-state index in [1.165, 1.54) is 16.6 Å². The molecule has 0 aliphatic rings. The Kier molecular flexibility index (Phi) is 3.92. The molecule has 2 heterocycles. The molecule has 0 atom stereocenters. The second-order valence-electron chi connectivity index (χ2n) is 5.95. The molecule has 2 aromatic carbocycles. The number of nitrogens with zero attached hydrogens (tertiary/aromatic N) is 4. The number of hydrogen-bond donors (Lipinski definition) is 3. The molecule has 0 aliphatic carbocycles. The van der Waals surface area contributed by atoms with E-state index in [0.717, 1.165) is 23.0 Å². The first-order chi connectivity index (χ1) is 13.0. The molecule has 27 heavy (non-hydrogen) atoms. The monoisotopic (exact) mass is 361 g/mol. The van der Waals surface area contributed by atoms with E-state index in [1.54, 1.807) is 0 Å². The van der Waals surface area contributed by atoms with Crippen LogP contribution in [-0.4, -0.2) is 35.7 Å². The van der Waals surface area contributed by atoms with Gasteiger partial charge in [0.05, 0.1) is 5.69 Å². The summed E-state index contributed by atoms with van der Waals surface area (Å²) < 4.78 is 1.54. The number of rotatable bonds is 3. The Labute approximate surface area is 153 Å². The Hall–Kier alpha value is -3.94. The molecule has 0 aliphatic heterocycles. The van der Waals surface area contributed by atoms with Crippen molar-refractivity contribution in [1.82, 2.24) is 19.6 Å². The first-order valence-electron chi connectivity index (χ1n) is 8.14. The fraction of sp³-hybridized carbons (Fsp3) is 0.0526. The molecule has 134 valence electrons. The van der Waals surface area contributed by atoms with Crippen LogP contribution in [0.1, 0.15) is 16.1 Å². The molecule has 0 saturated carbocycles. The highest BCUT2D eigenvalue weighted by Gasteiger charge is 2.14. The SMILES string of the molecule is Cc1cc(-c2ccccc2)nc2nc(NC(=O)c3ccc(O)c(O)c3)nn12. The number of amides is 1. The van der Waals surface area contributed by atoms with Gasteiger partial charge in [-0.1, -0.05) is 30.3 Å². The Morgan fingerprint density at radius 2 is 1.78 bits per heavy atom. The van der Waals surface area contributed by atoms with Gasteiger partial charge in [-0.25, -0.2) is 4.98 Å². The van der Waals surface area contributed by atoms with Gasteiger partial charge in [0.15, 0.2) is 11.5 Å². The van der Waals surface area contributed by atoms with Crippen LogP contribution in [-0.2, 0) is 0 Å². The summed E-state index contributed by atoms with van der Waals surface area (Å²) in [5, 5.41) is 25.7. The van der Waals surface area contributed by atoms with E-state index in [2.05, 4.69) is 20.4 Å². The highest BCUT2D eigenvalue weighted by Crippen LogP contribution is 2.25. The summed E-state index contributed by atoms with van der Waals surface area (Å²) in [5.74, 6) is -0.741. The van der Waals surface area contributed by atoms with Gasteiger partial charge in [-0.15, -0.1) is 5.10 Å². The number of fused-ring (bicyclic) bond motifs is 1. The highest BCUT2D eigenvalue weighted by atomic mass is 16.3. The van der Waals surface area contributed by atoms with Gasteiger partial charge in [-0.3, -0.25) is 10.1 Å². The first-order valence-corrected chi connectivity index (χ1v) is 8.14. The third kappa shape index (κ3) is 3.15. The van der Waals surface area contributed by atoms with Crippen LogP contribution in [0.5, 0.6) is 11.5 Å². The molecule has 0 saturated heterocycles. The van der Waals surface area contributed by atoms with Crippen molar-refractivity contribution in [1.29, 1.82) is 0 Å². The number of aromatic hydroxyl groups is 2. The summed E-state index contributed by atoms with van der Waals surface area (Å²) in [4.78, 5) is 21.1. The van der Waals surface area contributed by atoms with Crippen molar-refractivity contribution in [2.75, 3.05) is 5.32 Å². The van der Waals surface area contributed by atoms with Crippen molar-refractivity contribution in [2.45, 2.75) is 6.92 Å². The third-order valence-electron chi connectivity index (χ3n) is 4.02. The van der Waals surface area contributed by atoms with E-state index in [1.807, 2.05) is 43.3 Å². The van der Waals surface area contributed by atoms with Gasteiger partial charge in [-0.2, -0.15) is 9.50 Å². The number of anilines is 1. The summed E-state index contributed by atoms with van der Waals surface area (Å²) in [6.45, 7) is 1.87. The summed E-state index contributed by atoms with van der Waals surface area (Å²) in [6, 6.07) is 15.4. The molecule has 2 aromatic heterocycles. The van der Waals surface area contributed by atoms with Crippen LogP contribution >= 0.6 is 0 Å². The average molecular weight is 361 g/mol. The Bertz CT molecular complexity index is 1150. The molecule has 0 spiro atoms. The van der Waals surface area contributed by atoms with E-state index in [4.69, 9.17) is 0 Å². The first kappa shape index (κ1) is 16.5. The molecule has 0 fully saturated rings. The lowest BCUT2D eigenvalue weighted by atomic mass is 10.1. The number of phenolic OH excluding ortho intramolecular Hbond substituents is 2. The lowest BCUT2D eigenvalue weighted by Crippen LogP contribution is -2.13. The number of aryl methyl sites for hydroxylation is 1. The minimum Gasteiger partial charge on any atom is -0.504 e. The van der Waals surface area contributed by atoms with Crippen molar-refractivity contribution in [3.63, 3.8) is 0 Å². The predicted molar refractivity (Wildman–Crippen MR) is 98.7 cm³/mol. The van der Waals surface area contributed by atoms with Crippen LogP contribution in [0.15, 0.2) is 54.6 Å². The molecule has 4 aromatic rings. The second-order valence-corrected chi connectivity index (χ2v) is 5.95. The standard InChI is InChI=1S/C19H15N5O3/c1-11-9-14(12-5-3-2-4-6-12)20-19-22-18(23-24(11)19)21-17(27)13-7-8-15(25)16(26)10-13/h2-10,25-26H,1H3,(H,21,23,27). The van der Waals surface area contributed by atoms with Crippen LogP contribution in [0, 0.1) is 6.92 Å². The number of hydrogen-bond acceptors (Lipinski definition) is 6. The van der Waals surface area contributed by atoms with Crippen molar-refractivity contribution in [3.05, 3.63) is 65.9 Å². The number of nitrogens with one attached hydrogen (secondary N) is 1. The lowest BCUT2D eigenvalue weighted by molar-refractivity contribution is 0.102. The van der Waals surface area contributed by atoms with Crippen LogP contribution in [0.2, 0.25) is 0 Å². The lowest BCUT2D eigenvalue weighted by Gasteiger charge is -2.03. The molecule has 8 heteroatoms. The molecule has 0 bridgehead atoms. The topological polar surface area (TPSA) is 113 Å². The van der Waals surface area contributed by atoms with Gasteiger partial charge >= 0.3 is 0 Å². The summed E-state index contributed by atoms with van der Waals surface area (Å²) in [5.41, 5.74) is 2.69. The fourth-order valence-corrected chi connectivity index (χ4v) is 2.66. The fourth-order valence-electron chi connectivity index (χ4n) is 2.66. The predicted octanol–water partition coefficient (Wildman–Crippen LogP) is 2.76. The number of benzene rings is 2. The van der Waals surface area contributed by atoms with Gasteiger partial charge in [0.2, 0.25) is 0 Å². The van der Waals surface area contributed by atoms with E-state index < -0.39 is 5.91 Å². The second kappa shape index (κ2) is 6.41. The maximum absolute atomic E-state index is 12.3. The van der Waals surface area contributed by atoms with E-state index in [0.29, 0.717) is 5.78 Å².